The van der Waals surface area contributed by atoms with Crippen molar-refractivity contribution in [3.8, 4) is 0 Å². The van der Waals surface area contributed by atoms with Crippen molar-refractivity contribution in [2.24, 2.45) is 0 Å². The number of hydrogen-bond acceptors (Lipinski definition) is 3. The Morgan fingerprint density at radius 3 is 2.58 bits per heavy atom. The number of fused-ring (bicyclic) bond motifs is 3. The molecule has 3 aromatic carbocycles. The van der Waals surface area contributed by atoms with E-state index in [9.17, 15) is 9.90 Å². The molecular weight excluding hydrogens is 302 g/mol. The molecule has 0 aliphatic heterocycles. The van der Waals surface area contributed by atoms with Crippen LogP contribution >= 0.6 is 0 Å². The highest BCUT2D eigenvalue weighted by molar-refractivity contribution is 6.06. The van der Waals surface area contributed by atoms with Crippen molar-refractivity contribution < 1.29 is 14.3 Å². The van der Waals surface area contributed by atoms with E-state index >= 15 is 0 Å². The van der Waals surface area contributed by atoms with Crippen LogP contribution in [0.25, 0.3) is 21.9 Å². The minimum atomic E-state index is -0.953. The predicted molar refractivity (Wildman–Crippen MR) is 95.1 cm³/mol. The van der Waals surface area contributed by atoms with E-state index in [0.717, 1.165) is 33.2 Å². The van der Waals surface area contributed by atoms with Gasteiger partial charge in [0.15, 0.2) is 0 Å². The fourth-order valence-electron chi connectivity index (χ4n) is 2.96. The summed E-state index contributed by atoms with van der Waals surface area (Å²) in [5, 5.41) is 14.7. The van der Waals surface area contributed by atoms with Crippen molar-refractivity contribution in [3.05, 3.63) is 71.8 Å². The molecular formula is C20H15NO3. The maximum Gasteiger partial charge on any atom is 0.337 e. The molecule has 0 atom stereocenters. The molecule has 0 spiro atoms. The molecule has 4 nitrogen and oxygen atoms in total. The fraction of sp³-hybridized carbons (Fsp3) is 0.0500. The molecule has 4 aromatic rings. The molecule has 0 amide bonds. The Morgan fingerprint density at radius 1 is 0.958 bits per heavy atom. The molecule has 0 bridgehead atoms. The van der Waals surface area contributed by atoms with E-state index in [1.165, 1.54) is 0 Å². The van der Waals surface area contributed by atoms with Gasteiger partial charge in [-0.2, -0.15) is 0 Å². The largest absolute Gasteiger partial charge is 0.478 e. The Bertz CT molecular complexity index is 1080. The molecule has 2 N–H and O–H groups in total. The van der Waals surface area contributed by atoms with Crippen molar-refractivity contribution in [1.29, 1.82) is 0 Å². The topological polar surface area (TPSA) is 62.5 Å². The number of aryl methyl sites for hydroxylation is 1. The first-order chi connectivity index (χ1) is 11.6. The van der Waals surface area contributed by atoms with Crippen molar-refractivity contribution in [1.82, 2.24) is 0 Å². The molecule has 1 aromatic heterocycles. The van der Waals surface area contributed by atoms with E-state index in [1.54, 1.807) is 12.1 Å². The Morgan fingerprint density at radius 2 is 1.75 bits per heavy atom. The summed E-state index contributed by atoms with van der Waals surface area (Å²) >= 11 is 0. The van der Waals surface area contributed by atoms with E-state index in [1.807, 2.05) is 55.5 Å². The zero-order valence-corrected chi connectivity index (χ0v) is 13.0. The first kappa shape index (κ1) is 14.3. The molecule has 4 heteroatoms. The number of hydrogen-bond donors (Lipinski definition) is 2. The number of furan rings is 1. The maximum absolute atomic E-state index is 11.4. The summed E-state index contributed by atoms with van der Waals surface area (Å²) in [5.74, 6) is -0.953. The van der Waals surface area contributed by atoms with E-state index in [0.29, 0.717) is 5.69 Å². The van der Waals surface area contributed by atoms with Crippen LogP contribution in [0.5, 0.6) is 0 Å². The van der Waals surface area contributed by atoms with Crippen LogP contribution < -0.4 is 5.32 Å². The van der Waals surface area contributed by atoms with Gasteiger partial charge in [0.2, 0.25) is 0 Å². The molecule has 0 fully saturated rings. The molecule has 4 rings (SSSR count). The summed E-state index contributed by atoms with van der Waals surface area (Å²) in [7, 11) is 0. The number of para-hydroxylation sites is 2. The van der Waals surface area contributed by atoms with Gasteiger partial charge in [0.05, 0.1) is 11.3 Å². The van der Waals surface area contributed by atoms with Gasteiger partial charge in [-0.15, -0.1) is 0 Å². The molecule has 0 aliphatic rings. The highest BCUT2D eigenvalue weighted by Gasteiger charge is 2.13. The number of rotatable bonds is 3. The third-order valence-electron chi connectivity index (χ3n) is 4.15. The standard InChI is InChI=1S/C20H15NO3/c1-12-5-4-7-16(20(22)23)19(12)21-13-9-10-15-14-6-2-3-8-17(14)24-18(15)11-13/h2-11,21H,1H3,(H,22,23). The maximum atomic E-state index is 11.4. The van der Waals surface area contributed by atoms with Crippen LogP contribution in [0.2, 0.25) is 0 Å². The van der Waals surface area contributed by atoms with Gasteiger partial charge in [-0.1, -0.05) is 30.3 Å². The van der Waals surface area contributed by atoms with Gasteiger partial charge in [-0.05, 0) is 36.8 Å². The quantitative estimate of drug-likeness (QED) is 0.535. The second kappa shape index (κ2) is 5.42. The Labute approximate surface area is 138 Å². The average Bonchev–Trinajstić information content (AvgIpc) is 2.94. The Hall–Kier alpha value is -3.27. The highest BCUT2D eigenvalue weighted by atomic mass is 16.4. The van der Waals surface area contributed by atoms with E-state index in [2.05, 4.69) is 5.32 Å². The number of carboxylic acids is 1. The molecule has 0 saturated heterocycles. The first-order valence-electron chi connectivity index (χ1n) is 7.65. The molecule has 0 aliphatic carbocycles. The zero-order valence-electron chi connectivity index (χ0n) is 13.0. The van der Waals surface area contributed by atoms with Crippen LogP contribution in [0.15, 0.2) is 65.1 Å². The monoisotopic (exact) mass is 317 g/mol. The summed E-state index contributed by atoms with van der Waals surface area (Å²) in [4.78, 5) is 11.4. The second-order valence-electron chi connectivity index (χ2n) is 5.74. The van der Waals surface area contributed by atoms with Gasteiger partial charge >= 0.3 is 5.97 Å². The molecule has 0 saturated carbocycles. The van der Waals surface area contributed by atoms with Gasteiger partial charge in [0.1, 0.15) is 11.2 Å². The number of carbonyl (C=O) groups is 1. The van der Waals surface area contributed by atoms with Crippen molar-refractivity contribution in [2.45, 2.75) is 6.92 Å². The van der Waals surface area contributed by atoms with Crippen molar-refractivity contribution >= 4 is 39.3 Å². The summed E-state index contributed by atoms with van der Waals surface area (Å²) in [6, 6.07) is 18.9. The SMILES string of the molecule is Cc1cccc(C(=O)O)c1Nc1ccc2c(c1)oc1ccccc12. The zero-order chi connectivity index (χ0) is 16.7. The van der Waals surface area contributed by atoms with Gasteiger partial charge in [0, 0.05) is 22.5 Å². The third-order valence-corrected chi connectivity index (χ3v) is 4.15. The lowest BCUT2D eigenvalue weighted by Gasteiger charge is -2.12. The van der Waals surface area contributed by atoms with Crippen LogP contribution in [0.1, 0.15) is 15.9 Å². The molecule has 0 radical (unpaired) electrons. The number of anilines is 2. The number of benzene rings is 3. The van der Waals surface area contributed by atoms with E-state index < -0.39 is 5.97 Å². The average molecular weight is 317 g/mol. The summed E-state index contributed by atoms with van der Waals surface area (Å²) in [6.45, 7) is 1.88. The minimum Gasteiger partial charge on any atom is -0.478 e. The van der Waals surface area contributed by atoms with Crippen LogP contribution in [0.4, 0.5) is 11.4 Å². The lowest BCUT2D eigenvalue weighted by atomic mass is 10.1. The smallest absolute Gasteiger partial charge is 0.337 e. The van der Waals surface area contributed by atoms with Gasteiger partial charge in [0.25, 0.3) is 0 Å². The van der Waals surface area contributed by atoms with Crippen molar-refractivity contribution in [3.63, 3.8) is 0 Å². The van der Waals surface area contributed by atoms with Crippen LogP contribution in [-0.4, -0.2) is 11.1 Å². The summed E-state index contributed by atoms with van der Waals surface area (Å²) in [6.07, 6.45) is 0. The summed E-state index contributed by atoms with van der Waals surface area (Å²) < 4.78 is 5.88. The fourth-order valence-corrected chi connectivity index (χ4v) is 2.96. The predicted octanol–water partition coefficient (Wildman–Crippen LogP) is 5.34. The molecule has 24 heavy (non-hydrogen) atoms. The van der Waals surface area contributed by atoms with Gasteiger partial charge in [-0.3, -0.25) is 0 Å². The van der Waals surface area contributed by atoms with Gasteiger partial charge in [-0.25, -0.2) is 4.79 Å². The molecule has 118 valence electrons. The number of nitrogens with one attached hydrogen (secondary N) is 1. The summed E-state index contributed by atoms with van der Waals surface area (Å²) in [5.41, 5.74) is 4.12. The highest BCUT2D eigenvalue weighted by Crippen LogP contribution is 2.32. The molecule has 0 unspecified atom stereocenters. The van der Waals surface area contributed by atoms with Gasteiger partial charge < -0.3 is 14.8 Å². The van der Waals surface area contributed by atoms with Crippen LogP contribution in [0, 0.1) is 6.92 Å². The lowest BCUT2D eigenvalue weighted by Crippen LogP contribution is -2.04. The number of carboxylic acid groups (broad SMARTS) is 1. The Balaban J connectivity index is 1.81. The van der Waals surface area contributed by atoms with Crippen molar-refractivity contribution in [2.75, 3.05) is 5.32 Å². The van der Waals surface area contributed by atoms with E-state index in [4.69, 9.17) is 4.42 Å². The van der Waals surface area contributed by atoms with Crippen LogP contribution in [-0.2, 0) is 0 Å². The van der Waals surface area contributed by atoms with Crippen LogP contribution in [0.3, 0.4) is 0 Å². The Kier molecular flexibility index (Phi) is 3.24. The lowest BCUT2D eigenvalue weighted by molar-refractivity contribution is 0.0698. The third kappa shape index (κ3) is 2.29. The molecule has 1 heterocycles. The number of aromatic carboxylic acids is 1. The van der Waals surface area contributed by atoms with E-state index in [-0.39, 0.29) is 5.56 Å². The minimum absolute atomic E-state index is 0.250. The normalized spacial score (nSPS) is 11.0. The first-order valence-corrected chi connectivity index (χ1v) is 7.65. The second-order valence-corrected chi connectivity index (χ2v) is 5.74.